The van der Waals surface area contributed by atoms with E-state index in [1.165, 1.54) is 18.9 Å². The van der Waals surface area contributed by atoms with Gasteiger partial charge in [0.2, 0.25) is 5.91 Å². The van der Waals surface area contributed by atoms with Gasteiger partial charge in [0.15, 0.2) is 0 Å². The van der Waals surface area contributed by atoms with E-state index < -0.39 is 0 Å². The minimum absolute atomic E-state index is 0.143. The fourth-order valence-electron chi connectivity index (χ4n) is 1.32. The molecular formula is C12H16ClNO3S. The second-order valence-corrected chi connectivity index (χ2v) is 5.05. The number of thioether (sulfide) groups is 1. The predicted octanol–water partition coefficient (Wildman–Crippen LogP) is 1.56. The minimum Gasteiger partial charge on any atom is -0.394 e. The minimum atomic E-state index is -0.366. The van der Waals surface area contributed by atoms with Crippen molar-refractivity contribution < 1.29 is 14.6 Å². The van der Waals surface area contributed by atoms with Crippen LogP contribution in [0.3, 0.4) is 0 Å². The zero-order chi connectivity index (χ0) is 13.4. The Morgan fingerprint density at radius 2 is 2.28 bits per heavy atom. The predicted molar refractivity (Wildman–Crippen MR) is 73.1 cm³/mol. The van der Waals surface area contributed by atoms with Gasteiger partial charge in [-0.2, -0.15) is 0 Å². The average molecular weight is 290 g/mol. The molecule has 0 aliphatic rings. The smallest absolute Gasteiger partial charge is 0.230 e. The Morgan fingerprint density at radius 3 is 2.89 bits per heavy atom. The Balaban J connectivity index is 2.39. The monoisotopic (exact) mass is 289 g/mol. The molecule has 0 aliphatic carbocycles. The SMILES string of the molecule is COCC(CO)NC(=O)CSc1ccccc1Cl. The van der Waals surface area contributed by atoms with Crippen LogP contribution in [0.1, 0.15) is 0 Å². The zero-order valence-electron chi connectivity index (χ0n) is 10.1. The number of ether oxygens (including phenoxy) is 1. The molecule has 0 spiro atoms. The maximum Gasteiger partial charge on any atom is 0.230 e. The van der Waals surface area contributed by atoms with Crippen LogP contribution in [-0.4, -0.2) is 43.1 Å². The van der Waals surface area contributed by atoms with E-state index >= 15 is 0 Å². The fraction of sp³-hybridized carbons (Fsp3) is 0.417. The molecule has 4 nitrogen and oxygen atoms in total. The molecule has 0 saturated carbocycles. The number of aliphatic hydroxyl groups is 1. The third-order valence-corrected chi connectivity index (χ3v) is 3.66. The van der Waals surface area contributed by atoms with Gasteiger partial charge in [0.25, 0.3) is 0 Å². The molecule has 1 atom stereocenters. The Morgan fingerprint density at radius 1 is 1.56 bits per heavy atom. The number of halogens is 1. The number of carbonyl (C=O) groups is 1. The van der Waals surface area contributed by atoms with Gasteiger partial charge in [-0.3, -0.25) is 4.79 Å². The molecule has 1 aromatic carbocycles. The maximum absolute atomic E-state index is 11.6. The number of benzene rings is 1. The summed E-state index contributed by atoms with van der Waals surface area (Å²) in [7, 11) is 1.52. The first-order valence-corrected chi connectivity index (χ1v) is 6.80. The van der Waals surface area contributed by atoms with Crippen molar-refractivity contribution in [2.45, 2.75) is 10.9 Å². The van der Waals surface area contributed by atoms with E-state index in [4.69, 9.17) is 21.4 Å². The van der Waals surface area contributed by atoms with Crippen LogP contribution in [0.15, 0.2) is 29.2 Å². The van der Waals surface area contributed by atoms with Gasteiger partial charge in [-0.25, -0.2) is 0 Å². The molecular weight excluding hydrogens is 274 g/mol. The van der Waals surface area contributed by atoms with Crippen molar-refractivity contribution in [3.05, 3.63) is 29.3 Å². The van der Waals surface area contributed by atoms with Gasteiger partial charge < -0.3 is 15.2 Å². The Bertz CT molecular complexity index is 389. The number of amides is 1. The van der Waals surface area contributed by atoms with Crippen LogP contribution >= 0.6 is 23.4 Å². The standard InChI is InChI=1S/C12H16ClNO3S/c1-17-7-9(6-15)14-12(16)8-18-11-5-3-2-4-10(11)13/h2-5,9,15H,6-8H2,1H3,(H,14,16). The molecule has 0 bridgehead atoms. The summed E-state index contributed by atoms with van der Waals surface area (Å²) < 4.78 is 4.88. The Kier molecular flexibility index (Phi) is 7.12. The highest BCUT2D eigenvalue weighted by Crippen LogP contribution is 2.26. The van der Waals surface area contributed by atoms with Gasteiger partial charge in [-0.05, 0) is 12.1 Å². The van der Waals surface area contributed by atoms with Gasteiger partial charge >= 0.3 is 0 Å². The summed E-state index contributed by atoms with van der Waals surface area (Å²) in [5, 5.41) is 12.3. The van der Waals surface area contributed by atoms with Crippen molar-refractivity contribution in [3.63, 3.8) is 0 Å². The topological polar surface area (TPSA) is 58.6 Å². The fourth-order valence-corrected chi connectivity index (χ4v) is 2.37. The van der Waals surface area contributed by atoms with Gasteiger partial charge in [0.1, 0.15) is 0 Å². The molecule has 1 aromatic rings. The molecule has 100 valence electrons. The molecule has 2 N–H and O–H groups in total. The van der Waals surface area contributed by atoms with E-state index in [0.717, 1.165) is 4.90 Å². The van der Waals surface area contributed by atoms with Crippen LogP contribution in [-0.2, 0) is 9.53 Å². The third-order valence-electron chi connectivity index (χ3n) is 2.15. The van der Waals surface area contributed by atoms with E-state index in [9.17, 15) is 4.79 Å². The van der Waals surface area contributed by atoms with E-state index in [1.807, 2.05) is 18.2 Å². The number of carbonyl (C=O) groups excluding carboxylic acids is 1. The first kappa shape index (κ1) is 15.3. The molecule has 1 amide bonds. The second-order valence-electron chi connectivity index (χ2n) is 3.62. The van der Waals surface area contributed by atoms with Crippen LogP contribution in [0.2, 0.25) is 5.02 Å². The molecule has 0 aliphatic heterocycles. The summed E-state index contributed by atoms with van der Waals surface area (Å²) in [5.41, 5.74) is 0. The van der Waals surface area contributed by atoms with Crippen molar-refractivity contribution in [1.29, 1.82) is 0 Å². The highest BCUT2D eigenvalue weighted by Gasteiger charge is 2.11. The summed E-state index contributed by atoms with van der Waals surface area (Å²) in [6.07, 6.45) is 0. The molecule has 6 heteroatoms. The summed E-state index contributed by atoms with van der Waals surface area (Å²) in [5.74, 6) is 0.0975. The van der Waals surface area contributed by atoms with Crippen molar-refractivity contribution in [2.24, 2.45) is 0 Å². The van der Waals surface area contributed by atoms with Gasteiger partial charge in [-0.15, -0.1) is 11.8 Å². The van der Waals surface area contributed by atoms with Crippen LogP contribution in [0.5, 0.6) is 0 Å². The van der Waals surface area contributed by atoms with Crippen molar-refractivity contribution in [1.82, 2.24) is 5.32 Å². The van der Waals surface area contributed by atoms with Crippen molar-refractivity contribution >= 4 is 29.3 Å². The van der Waals surface area contributed by atoms with E-state index in [1.54, 1.807) is 6.07 Å². The second kappa shape index (κ2) is 8.37. The maximum atomic E-state index is 11.6. The third kappa shape index (κ3) is 5.27. The lowest BCUT2D eigenvalue weighted by atomic mass is 10.3. The molecule has 0 saturated heterocycles. The molecule has 1 unspecified atom stereocenters. The van der Waals surface area contributed by atoms with Crippen LogP contribution in [0, 0.1) is 0 Å². The average Bonchev–Trinajstić information content (AvgIpc) is 2.37. The lowest BCUT2D eigenvalue weighted by Crippen LogP contribution is -2.41. The normalized spacial score (nSPS) is 12.2. The highest BCUT2D eigenvalue weighted by atomic mass is 35.5. The molecule has 0 aromatic heterocycles. The lowest BCUT2D eigenvalue weighted by Gasteiger charge is -2.15. The number of nitrogens with one attached hydrogen (secondary N) is 1. The Hall–Kier alpha value is -0.750. The first-order chi connectivity index (χ1) is 8.67. The zero-order valence-corrected chi connectivity index (χ0v) is 11.6. The summed E-state index contributed by atoms with van der Waals surface area (Å²) in [6.45, 7) is 0.148. The molecule has 0 fully saturated rings. The summed E-state index contributed by atoms with van der Waals surface area (Å²) in [6, 6.07) is 6.98. The first-order valence-electron chi connectivity index (χ1n) is 5.44. The summed E-state index contributed by atoms with van der Waals surface area (Å²) in [4.78, 5) is 12.5. The number of aliphatic hydroxyl groups excluding tert-OH is 1. The van der Waals surface area contributed by atoms with Crippen LogP contribution in [0.25, 0.3) is 0 Å². The van der Waals surface area contributed by atoms with Gasteiger partial charge in [0.05, 0.1) is 30.0 Å². The van der Waals surface area contributed by atoms with Crippen LogP contribution < -0.4 is 5.32 Å². The molecule has 1 rings (SSSR count). The van der Waals surface area contributed by atoms with E-state index in [0.29, 0.717) is 11.6 Å². The highest BCUT2D eigenvalue weighted by molar-refractivity contribution is 8.00. The van der Waals surface area contributed by atoms with Gasteiger partial charge in [-0.1, -0.05) is 23.7 Å². The molecule has 0 radical (unpaired) electrons. The largest absolute Gasteiger partial charge is 0.394 e. The number of hydrogen-bond acceptors (Lipinski definition) is 4. The Labute approximate surface area is 116 Å². The van der Waals surface area contributed by atoms with Crippen LogP contribution in [0.4, 0.5) is 0 Å². The molecule has 0 heterocycles. The number of hydrogen-bond donors (Lipinski definition) is 2. The number of rotatable bonds is 7. The van der Waals surface area contributed by atoms with Crippen molar-refractivity contribution in [3.8, 4) is 0 Å². The van der Waals surface area contributed by atoms with E-state index in [2.05, 4.69) is 5.32 Å². The number of methoxy groups -OCH3 is 1. The quantitative estimate of drug-likeness (QED) is 0.748. The molecule has 18 heavy (non-hydrogen) atoms. The van der Waals surface area contributed by atoms with E-state index in [-0.39, 0.29) is 24.3 Å². The van der Waals surface area contributed by atoms with Gasteiger partial charge in [0, 0.05) is 12.0 Å². The van der Waals surface area contributed by atoms with Crippen molar-refractivity contribution in [2.75, 3.05) is 26.1 Å². The lowest BCUT2D eigenvalue weighted by molar-refractivity contribution is -0.120. The summed E-state index contributed by atoms with van der Waals surface area (Å²) >= 11 is 7.34.